The third-order valence-corrected chi connectivity index (χ3v) is 3.63. The number of thiocarbonyl (C=S) groups is 1. The SMILES string of the molecule is CC1=C(C(=O)OCCc2c(F)cccc2F)C(CO)NC(=S)N1. The minimum absolute atomic E-state index is 0.0837. The number of hydrogen-bond donors (Lipinski definition) is 3. The number of hydrogen-bond acceptors (Lipinski definition) is 4. The van der Waals surface area contributed by atoms with Crippen molar-refractivity contribution in [2.24, 2.45) is 0 Å². The van der Waals surface area contributed by atoms with Crippen molar-refractivity contribution in [1.29, 1.82) is 0 Å². The first-order valence-electron chi connectivity index (χ1n) is 6.93. The fourth-order valence-corrected chi connectivity index (χ4v) is 2.59. The number of esters is 1. The van der Waals surface area contributed by atoms with Crippen LogP contribution in [0.1, 0.15) is 12.5 Å². The van der Waals surface area contributed by atoms with Gasteiger partial charge in [0.15, 0.2) is 5.11 Å². The van der Waals surface area contributed by atoms with E-state index >= 15 is 0 Å². The maximum absolute atomic E-state index is 13.5. The molecule has 0 aliphatic carbocycles. The van der Waals surface area contributed by atoms with Crippen LogP contribution in [0.2, 0.25) is 0 Å². The summed E-state index contributed by atoms with van der Waals surface area (Å²) in [5.41, 5.74) is 0.538. The molecule has 124 valence electrons. The van der Waals surface area contributed by atoms with Crippen molar-refractivity contribution >= 4 is 23.3 Å². The minimum Gasteiger partial charge on any atom is -0.462 e. The normalized spacial score (nSPS) is 17.6. The van der Waals surface area contributed by atoms with Gasteiger partial charge in [-0.1, -0.05) is 6.07 Å². The zero-order chi connectivity index (χ0) is 17.0. The molecule has 1 aliphatic heterocycles. The van der Waals surface area contributed by atoms with Crippen molar-refractivity contribution in [2.75, 3.05) is 13.2 Å². The van der Waals surface area contributed by atoms with E-state index in [0.29, 0.717) is 10.8 Å². The summed E-state index contributed by atoms with van der Waals surface area (Å²) in [5, 5.41) is 15.1. The smallest absolute Gasteiger partial charge is 0.337 e. The average Bonchev–Trinajstić information content (AvgIpc) is 2.49. The van der Waals surface area contributed by atoms with Gasteiger partial charge < -0.3 is 20.5 Å². The Balaban J connectivity index is 2.02. The average molecular weight is 342 g/mol. The van der Waals surface area contributed by atoms with Crippen LogP contribution >= 0.6 is 12.2 Å². The van der Waals surface area contributed by atoms with Crippen molar-refractivity contribution < 1.29 is 23.4 Å². The molecule has 0 saturated heterocycles. The molecule has 5 nitrogen and oxygen atoms in total. The number of carbonyl (C=O) groups excluding carboxylic acids is 1. The van der Waals surface area contributed by atoms with Gasteiger partial charge in [0, 0.05) is 17.7 Å². The van der Waals surface area contributed by atoms with Crippen LogP contribution in [0.4, 0.5) is 8.78 Å². The van der Waals surface area contributed by atoms with E-state index in [9.17, 15) is 18.7 Å². The number of carbonyl (C=O) groups is 1. The topological polar surface area (TPSA) is 70.6 Å². The van der Waals surface area contributed by atoms with E-state index in [1.165, 1.54) is 6.07 Å². The molecule has 0 aromatic heterocycles. The number of allylic oxidation sites excluding steroid dienone is 1. The highest BCUT2D eigenvalue weighted by Gasteiger charge is 2.29. The van der Waals surface area contributed by atoms with Crippen LogP contribution in [0.5, 0.6) is 0 Å². The lowest BCUT2D eigenvalue weighted by Gasteiger charge is -2.28. The van der Waals surface area contributed by atoms with Gasteiger partial charge in [-0.25, -0.2) is 13.6 Å². The van der Waals surface area contributed by atoms with E-state index in [2.05, 4.69) is 10.6 Å². The minimum atomic E-state index is -0.684. The van der Waals surface area contributed by atoms with Crippen molar-refractivity contribution in [1.82, 2.24) is 10.6 Å². The van der Waals surface area contributed by atoms with Crippen LogP contribution in [-0.2, 0) is 16.0 Å². The second-order valence-corrected chi connectivity index (χ2v) is 5.37. The molecule has 1 aromatic rings. The Kier molecular flexibility index (Phi) is 5.62. The number of ether oxygens (including phenoxy) is 1. The zero-order valence-corrected chi connectivity index (χ0v) is 13.2. The highest BCUT2D eigenvalue weighted by atomic mass is 32.1. The third-order valence-electron chi connectivity index (χ3n) is 3.41. The second kappa shape index (κ2) is 7.47. The van der Waals surface area contributed by atoms with Crippen molar-refractivity contribution in [3.05, 3.63) is 46.7 Å². The highest BCUT2D eigenvalue weighted by Crippen LogP contribution is 2.16. The van der Waals surface area contributed by atoms with Crippen LogP contribution in [0.25, 0.3) is 0 Å². The van der Waals surface area contributed by atoms with Gasteiger partial charge in [-0.15, -0.1) is 0 Å². The molecule has 1 aliphatic rings. The van der Waals surface area contributed by atoms with Crippen molar-refractivity contribution in [3.63, 3.8) is 0 Å². The Morgan fingerprint density at radius 2 is 2.04 bits per heavy atom. The molecule has 1 heterocycles. The Morgan fingerprint density at radius 1 is 1.39 bits per heavy atom. The van der Waals surface area contributed by atoms with Gasteiger partial charge in [0.25, 0.3) is 0 Å². The molecule has 1 aromatic carbocycles. The third kappa shape index (κ3) is 4.02. The largest absolute Gasteiger partial charge is 0.462 e. The first-order chi connectivity index (χ1) is 10.9. The summed E-state index contributed by atoms with van der Waals surface area (Å²) >= 11 is 4.94. The Morgan fingerprint density at radius 3 is 2.65 bits per heavy atom. The van der Waals surface area contributed by atoms with Gasteiger partial charge >= 0.3 is 5.97 Å². The standard InChI is InChI=1S/C15H16F2N2O3S/c1-8-13(12(7-20)19-15(23)18-8)14(21)22-6-5-9-10(16)3-2-4-11(9)17/h2-4,12,20H,5-7H2,1H3,(H2,18,19,23). The Labute approximate surface area is 137 Å². The number of nitrogens with one attached hydrogen (secondary N) is 2. The fourth-order valence-electron chi connectivity index (χ4n) is 2.29. The summed E-state index contributed by atoms with van der Waals surface area (Å²) in [6, 6.07) is 2.87. The van der Waals surface area contributed by atoms with Crippen molar-refractivity contribution in [3.8, 4) is 0 Å². The quantitative estimate of drug-likeness (QED) is 0.551. The van der Waals surface area contributed by atoms with Gasteiger partial charge in [0.1, 0.15) is 11.6 Å². The Bertz CT molecular complexity index is 644. The monoisotopic (exact) mass is 342 g/mol. The van der Waals surface area contributed by atoms with Gasteiger partial charge in [-0.2, -0.15) is 0 Å². The summed E-state index contributed by atoms with van der Waals surface area (Å²) in [6.07, 6.45) is -0.0837. The molecular weight excluding hydrogens is 326 g/mol. The lowest BCUT2D eigenvalue weighted by Crippen LogP contribution is -2.51. The molecule has 8 heteroatoms. The molecule has 3 N–H and O–H groups in total. The van der Waals surface area contributed by atoms with E-state index < -0.39 is 23.6 Å². The maximum Gasteiger partial charge on any atom is 0.337 e. The second-order valence-electron chi connectivity index (χ2n) is 4.96. The van der Waals surface area contributed by atoms with Crippen LogP contribution in [0.3, 0.4) is 0 Å². The molecular formula is C15H16F2N2O3S. The number of benzene rings is 1. The molecule has 1 unspecified atom stereocenters. The van der Waals surface area contributed by atoms with E-state index in [1.54, 1.807) is 6.92 Å². The van der Waals surface area contributed by atoms with Gasteiger partial charge in [0.05, 0.1) is 24.8 Å². The number of rotatable bonds is 5. The molecule has 1 atom stereocenters. The fraction of sp³-hybridized carbons (Fsp3) is 0.333. The van der Waals surface area contributed by atoms with Gasteiger partial charge in [-0.3, -0.25) is 0 Å². The number of halogens is 2. The van der Waals surface area contributed by atoms with E-state index in [0.717, 1.165) is 12.1 Å². The lowest BCUT2D eigenvalue weighted by atomic mass is 10.0. The number of aliphatic hydroxyl groups excluding tert-OH is 1. The van der Waals surface area contributed by atoms with Crippen molar-refractivity contribution in [2.45, 2.75) is 19.4 Å². The summed E-state index contributed by atoms with van der Waals surface area (Å²) in [6.45, 7) is 1.10. The molecule has 0 fully saturated rings. The summed E-state index contributed by atoms with van der Waals surface area (Å²) in [4.78, 5) is 12.1. The summed E-state index contributed by atoms with van der Waals surface area (Å²) < 4.78 is 32.1. The first-order valence-corrected chi connectivity index (χ1v) is 7.34. The first kappa shape index (κ1) is 17.3. The molecule has 0 spiro atoms. The molecule has 0 radical (unpaired) electrons. The summed E-state index contributed by atoms with van der Waals surface area (Å²) in [7, 11) is 0. The van der Waals surface area contributed by atoms with E-state index in [-0.39, 0.29) is 30.8 Å². The van der Waals surface area contributed by atoms with E-state index in [1.807, 2.05) is 0 Å². The predicted octanol–water partition coefficient (Wildman–Crippen LogP) is 1.16. The van der Waals surface area contributed by atoms with Gasteiger partial charge in [0.2, 0.25) is 0 Å². The predicted molar refractivity (Wildman–Crippen MR) is 83.5 cm³/mol. The van der Waals surface area contributed by atoms with Crippen LogP contribution in [0, 0.1) is 11.6 Å². The van der Waals surface area contributed by atoms with Crippen LogP contribution < -0.4 is 10.6 Å². The van der Waals surface area contributed by atoms with Gasteiger partial charge in [-0.05, 0) is 31.3 Å². The molecule has 2 rings (SSSR count). The Hall–Kier alpha value is -2.06. The maximum atomic E-state index is 13.5. The molecule has 0 bridgehead atoms. The molecule has 0 amide bonds. The lowest BCUT2D eigenvalue weighted by molar-refractivity contribution is -0.139. The highest BCUT2D eigenvalue weighted by molar-refractivity contribution is 7.80. The van der Waals surface area contributed by atoms with Crippen LogP contribution in [-0.4, -0.2) is 35.4 Å². The van der Waals surface area contributed by atoms with Crippen LogP contribution in [0.15, 0.2) is 29.5 Å². The summed E-state index contributed by atoms with van der Waals surface area (Å²) in [5.74, 6) is -2.05. The zero-order valence-electron chi connectivity index (χ0n) is 12.4. The molecule has 0 saturated carbocycles. The molecule has 23 heavy (non-hydrogen) atoms. The van der Waals surface area contributed by atoms with E-state index in [4.69, 9.17) is 17.0 Å². The number of aliphatic hydroxyl groups is 1.